The summed E-state index contributed by atoms with van der Waals surface area (Å²) in [6.07, 6.45) is 1.28. The van der Waals surface area contributed by atoms with Gasteiger partial charge in [-0.15, -0.1) is 9.89 Å². The first-order valence-electron chi connectivity index (χ1n) is 1.97. The fourth-order valence-corrected chi connectivity index (χ4v) is 0.303. The Morgan fingerprint density at radius 1 is 1.75 bits per heavy atom. The predicted octanol–water partition coefficient (Wildman–Crippen LogP) is -1.65. The first-order valence-corrected chi connectivity index (χ1v) is 1.97. The van der Waals surface area contributed by atoms with Crippen molar-refractivity contribution in [3.05, 3.63) is 22.6 Å². The maximum atomic E-state index is 10.4. The van der Waals surface area contributed by atoms with Crippen molar-refractivity contribution in [2.45, 2.75) is 0 Å². The molecule has 1 rings (SSSR count). The van der Waals surface area contributed by atoms with Crippen LogP contribution in [0.2, 0.25) is 0 Å². The molecule has 5 nitrogen and oxygen atoms in total. The molecule has 0 unspecified atom stereocenters. The Balaban J connectivity index is 3.35. The fraction of sp³-hybridized carbons (Fsp3) is 0. The minimum Gasteiger partial charge on any atom is -0.318 e. The van der Waals surface area contributed by atoms with Crippen molar-refractivity contribution in [1.82, 2.24) is 15.1 Å². The van der Waals surface area contributed by atoms with E-state index in [1.54, 1.807) is 0 Å². The normalized spacial score (nSPS) is 9.00. The van der Waals surface area contributed by atoms with Crippen LogP contribution in [0, 0.1) is 0 Å². The molecule has 1 heterocycles. The lowest BCUT2D eigenvalue weighted by molar-refractivity contribution is 0.682. The van der Waals surface area contributed by atoms with Crippen molar-refractivity contribution in [3.63, 3.8) is 0 Å². The van der Waals surface area contributed by atoms with E-state index >= 15 is 0 Å². The highest BCUT2D eigenvalue weighted by Gasteiger charge is 1.83. The van der Waals surface area contributed by atoms with Gasteiger partial charge in [-0.1, -0.05) is 0 Å². The monoisotopic (exact) mass is 112 g/mol. The Kier molecular flexibility index (Phi) is 0.957. The van der Waals surface area contributed by atoms with Gasteiger partial charge in [-0.25, -0.2) is 0 Å². The summed E-state index contributed by atoms with van der Waals surface area (Å²) in [5.41, 5.74) is -0.361. The number of nitrogens with two attached hydrogens (primary N) is 1. The van der Waals surface area contributed by atoms with Gasteiger partial charge in [0, 0.05) is 6.07 Å². The number of hydrogen-bond acceptors (Lipinski definition) is 4. The van der Waals surface area contributed by atoms with Gasteiger partial charge in [0.25, 0.3) is 5.56 Å². The van der Waals surface area contributed by atoms with Crippen molar-refractivity contribution in [2.24, 2.45) is 0 Å². The molecule has 0 fully saturated rings. The van der Waals surface area contributed by atoms with Crippen molar-refractivity contribution in [1.29, 1.82) is 0 Å². The van der Waals surface area contributed by atoms with Gasteiger partial charge in [0.1, 0.15) is 0 Å². The Hall–Kier alpha value is -1.39. The number of aromatic nitrogens is 3. The molecule has 0 saturated heterocycles. The molecule has 0 aliphatic carbocycles. The maximum Gasteiger partial charge on any atom is 0.288 e. The van der Waals surface area contributed by atoms with Crippen LogP contribution in [0.3, 0.4) is 0 Å². The molecule has 0 aromatic carbocycles. The first kappa shape index (κ1) is 4.76. The van der Waals surface area contributed by atoms with Crippen LogP contribution in [0.1, 0.15) is 0 Å². The van der Waals surface area contributed by atoms with Crippen LogP contribution in [0.15, 0.2) is 17.1 Å². The summed E-state index contributed by atoms with van der Waals surface area (Å²) < 4.78 is 0. The quantitative estimate of drug-likeness (QED) is 0.408. The van der Waals surface area contributed by atoms with Crippen molar-refractivity contribution in [3.8, 4) is 0 Å². The Bertz CT molecular complexity index is 229. The summed E-state index contributed by atoms with van der Waals surface area (Å²) in [5, 5.41) is 6.54. The highest BCUT2D eigenvalue weighted by atomic mass is 16.1. The Labute approximate surface area is 44.7 Å². The van der Waals surface area contributed by atoms with E-state index in [1.807, 2.05) is 0 Å². The van der Waals surface area contributed by atoms with E-state index in [0.717, 1.165) is 0 Å². The van der Waals surface area contributed by atoms with Gasteiger partial charge < -0.3 is 5.84 Å². The zero-order valence-electron chi connectivity index (χ0n) is 3.98. The molecule has 0 aliphatic heterocycles. The van der Waals surface area contributed by atoms with Crippen LogP contribution in [0.5, 0.6) is 0 Å². The zero-order valence-corrected chi connectivity index (χ0v) is 3.98. The smallest absolute Gasteiger partial charge is 0.288 e. The molecule has 0 amide bonds. The average molecular weight is 112 g/mol. The SMILES string of the molecule is Nn1nnccc1=O. The van der Waals surface area contributed by atoms with Gasteiger partial charge in [-0.2, -0.15) is 0 Å². The van der Waals surface area contributed by atoms with Crippen LogP contribution < -0.4 is 11.4 Å². The predicted molar refractivity (Wildman–Crippen MR) is 26.4 cm³/mol. The van der Waals surface area contributed by atoms with E-state index in [4.69, 9.17) is 5.84 Å². The van der Waals surface area contributed by atoms with Gasteiger partial charge in [0.05, 0.1) is 6.20 Å². The van der Waals surface area contributed by atoms with E-state index in [-0.39, 0.29) is 5.56 Å². The maximum absolute atomic E-state index is 10.4. The molecule has 1 aromatic heterocycles. The third-order valence-electron chi connectivity index (χ3n) is 0.658. The Morgan fingerprint density at radius 2 is 2.50 bits per heavy atom. The van der Waals surface area contributed by atoms with Gasteiger partial charge in [0.15, 0.2) is 0 Å². The molecule has 0 saturated carbocycles. The van der Waals surface area contributed by atoms with Crippen molar-refractivity contribution < 1.29 is 0 Å². The summed E-state index contributed by atoms with van der Waals surface area (Å²) in [6.45, 7) is 0. The number of nitrogens with zero attached hydrogens (tertiary/aromatic N) is 3. The van der Waals surface area contributed by atoms with Crippen LogP contribution >= 0.6 is 0 Å². The molecule has 0 atom stereocenters. The molecule has 1 aromatic rings. The molecule has 5 heteroatoms. The van der Waals surface area contributed by atoms with E-state index in [1.165, 1.54) is 12.3 Å². The lowest BCUT2D eigenvalue weighted by atomic mass is 10.7. The van der Waals surface area contributed by atoms with Gasteiger partial charge >= 0.3 is 0 Å². The van der Waals surface area contributed by atoms with E-state index in [0.29, 0.717) is 4.79 Å². The second kappa shape index (κ2) is 1.61. The zero-order chi connectivity index (χ0) is 5.98. The van der Waals surface area contributed by atoms with E-state index in [2.05, 4.69) is 10.3 Å². The lowest BCUT2D eigenvalue weighted by Gasteiger charge is -1.86. The number of nitrogen functional groups attached to an aromatic ring is 1. The largest absolute Gasteiger partial charge is 0.318 e. The van der Waals surface area contributed by atoms with Gasteiger partial charge in [0.2, 0.25) is 0 Å². The van der Waals surface area contributed by atoms with Crippen molar-refractivity contribution in [2.75, 3.05) is 5.84 Å². The molecular weight excluding hydrogens is 108 g/mol. The van der Waals surface area contributed by atoms with Gasteiger partial charge in [-0.3, -0.25) is 4.79 Å². The average Bonchev–Trinajstić information content (AvgIpc) is 1.77. The van der Waals surface area contributed by atoms with Crippen LogP contribution in [0.25, 0.3) is 0 Å². The summed E-state index contributed by atoms with van der Waals surface area (Å²) in [6, 6.07) is 1.23. The summed E-state index contributed by atoms with van der Waals surface area (Å²) in [5.74, 6) is 4.95. The van der Waals surface area contributed by atoms with Crippen LogP contribution in [0.4, 0.5) is 0 Å². The molecular formula is C3H4N4O. The molecule has 8 heavy (non-hydrogen) atoms. The number of hydrogen-bond donors (Lipinski definition) is 1. The second-order valence-corrected chi connectivity index (χ2v) is 1.20. The molecule has 0 bridgehead atoms. The van der Waals surface area contributed by atoms with Crippen LogP contribution in [-0.2, 0) is 0 Å². The summed E-state index contributed by atoms with van der Waals surface area (Å²) >= 11 is 0. The standard InChI is InChI=1S/C3H4N4O/c4-7-3(8)1-2-5-6-7/h1-2H,4H2. The van der Waals surface area contributed by atoms with Crippen molar-refractivity contribution >= 4 is 0 Å². The minimum absolute atomic E-state index is 0.361. The first-order chi connectivity index (χ1) is 3.80. The number of rotatable bonds is 0. The highest BCUT2D eigenvalue weighted by Crippen LogP contribution is 1.56. The lowest BCUT2D eigenvalue weighted by Crippen LogP contribution is -2.29. The van der Waals surface area contributed by atoms with Gasteiger partial charge in [-0.05, 0) is 5.21 Å². The summed E-state index contributed by atoms with van der Waals surface area (Å²) in [7, 11) is 0. The van der Waals surface area contributed by atoms with E-state index in [9.17, 15) is 4.79 Å². The second-order valence-electron chi connectivity index (χ2n) is 1.20. The molecule has 42 valence electrons. The minimum atomic E-state index is -0.361. The van der Waals surface area contributed by atoms with E-state index < -0.39 is 0 Å². The topological polar surface area (TPSA) is 73.8 Å². The third-order valence-corrected chi connectivity index (χ3v) is 0.658. The molecule has 2 N–H and O–H groups in total. The molecule has 0 aliphatic rings. The summed E-state index contributed by atoms with van der Waals surface area (Å²) in [4.78, 5) is 11.0. The third kappa shape index (κ3) is 0.651. The van der Waals surface area contributed by atoms with Crippen LogP contribution in [-0.4, -0.2) is 15.1 Å². The fourth-order valence-electron chi connectivity index (χ4n) is 0.303. The molecule has 0 spiro atoms. The Morgan fingerprint density at radius 3 is 2.88 bits per heavy atom. The molecule has 0 radical (unpaired) electrons. The highest BCUT2D eigenvalue weighted by molar-refractivity contribution is 4.75.